The second-order valence-electron chi connectivity index (χ2n) is 9.08. The van der Waals surface area contributed by atoms with E-state index in [1.54, 1.807) is 0 Å². The van der Waals surface area contributed by atoms with Gasteiger partial charge in [-0.25, -0.2) is 0 Å². The highest BCUT2D eigenvalue weighted by atomic mass is 19.4. The summed E-state index contributed by atoms with van der Waals surface area (Å²) in [5, 5.41) is 9.89. The first kappa shape index (κ1) is 25.9. The maximum Gasteiger partial charge on any atom is 0.416 e. The topological polar surface area (TPSA) is 47.9 Å². The Hall–Kier alpha value is -2.14. The van der Waals surface area contributed by atoms with Gasteiger partial charge in [0.05, 0.1) is 37.6 Å². The number of alkyl halides is 6. The van der Waals surface area contributed by atoms with Gasteiger partial charge in [-0.15, -0.1) is 0 Å². The number of halogens is 6. The van der Waals surface area contributed by atoms with Crippen molar-refractivity contribution < 1.29 is 45.7 Å². The highest BCUT2D eigenvalue weighted by Gasteiger charge is 2.47. The standard InChI is InChI=1S/C25H26F6O4/c26-24(27,28)19-12-17(13-20(14-19)25(29,30)31)21(15-32)33-16-22(18-4-2-1-3-5-18)6-8-23(9-7-22)34-10-11-35-23/h1-5,12-14,21,32H,6-11,15-16H2. The van der Waals surface area contributed by atoms with Crippen molar-refractivity contribution in [1.29, 1.82) is 0 Å². The van der Waals surface area contributed by atoms with Crippen LogP contribution in [0, 0.1) is 0 Å². The van der Waals surface area contributed by atoms with Gasteiger partial charge in [-0.3, -0.25) is 0 Å². The van der Waals surface area contributed by atoms with Crippen LogP contribution in [-0.4, -0.2) is 37.3 Å². The third-order valence-electron chi connectivity index (χ3n) is 6.88. The van der Waals surface area contributed by atoms with Gasteiger partial charge < -0.3 is 19.3 Å². The van der Waals surface area contributed by atoms with Crippen molar-refractivity contribution in [3.05, 3.63) is 70.8 Å². The molecule has 0 amide bonds. The first-order valence-electron chi connectivity index (χ1n) is 11.3. The third kappa shape index (κ3) is 5.66. The number of hydrogen-bond acceptors (Lipinski definition) is 4. The zero-order chi connectivity index (χ0) is 25.3. The van der Waals surface area contributed by atoms with Crippen LogP contribution >= 0.6 is 0 Å². The van der Waals surface area contributed by atoms with Gasteiger partial charge in [0, 0.05) is 18.3 Å². The predicted molar refractivity (Wildman–Crippen MR) is 113 cm³/mol. The molecule has 0 radical (unpaired) electrons. The molecule has 2 aliphatic rings. The molecule has 1 atom stereocenters. The number of hydrogen-bond donors (Lipinski definition) is 1. The summed E-state index contributed by atoms with van der Waals surface area (Å²) in [7, 11) is 0. The predicted octanol–water partition coefficient (Wildman–Crippen LogP) is 6.03. The van der Waals surface area contributed by atoms with E-state index in [0.29, 0.717) is 51.0 Å². The van der Waals surface area contributed by atoms with Gasteiger partial charge in [-0.05, 0) is 42.2 Å². The van der Waals surface area contributed by atoms with Crippen molar-refractivity contribution >= 4 is 0 Å². The molecule has 1 spiro atoms. The number of aliphatic hydroxyl groups is 1. The van der Waals surface area contributed by atoms with E-state index in [4.69, 9.17) is 14.2 Å². The van der Waals surface area contributed by atoms with Gasteiger partial charge in [-0.1, -0.05) is 30.3 Å². The van der Waals surface area contributed by atoms with Crippen LogP contribution in [0.25, 0.3) is 0 Å². The first-order chi connectivity index (χ1) is 16.5. The molecule has 0 aromatic heterocycles. The minimum absolute atomic E-state index is 0.00405. The normalized spacial score (nSPS) is 20.8. The lowest BCUT2D eigenvalue weighted by molar-refractivity contribution is -0.189. The average Bonchev–Trinajstić information content (AvgIpc) is 3.28. The molecule has 1 N–H and O–H groups in total. The van der Waals surface area contributed by atoms with E-state index < -0.39 is 47.4 Å². The van der Waals surface area contributed by atoms with E-state index >= 15 is 0 Å². The maximum atomic E-state index is 13.3. The Balaban J connectivity index is 1.61. The molecule has 1 unspecified atom stereocenters. The lowest BCUT2D eigenvalue weighted by atomic mass is 9.68. The second-order valence-corrected chi connectivity index (χ2v) is 9.08. The van der Waals surface area contributed by atoms with Crippen LogP contribution in [0.1, 0.15) is 54.0 Å². The SMILES string of the molecule is OCC(OCC1(c2ccccc2)CCC2(CC1)OCCO2)c1cc(C(F)(F)F)cc(C(F)(F)F)c1. The Morgan fingerprint density at radius 1 is 0.829 bits per heavy atom. The number of aliphatic hydroxyl groups excluding tert-OH is 1. The smallest absolute Gasteiger partial charge is 0.393 e. The minimum Gasteiger partial charge on any atom is -0.393 e. The average molecular weight is 504 g/mol. The van der Waals surface area contributed by atoms with Crippen molar-refractivity contribution in [2.45, 2.75) is 55.3 Å². The van der Waals surface area contributed by atoms with Crippen molar-refractivity contribution in [2.24, 2.45) is 0 Å². The summed E-state index contributed by atoms with van der Waals surface area (Å²) < 4.78 is 97.4. The largest absolute Gasteiger partial charge is 0.416 e. The molecule has 1 heterocycles. The molecular formula is C25H26F6O4. The van der Waals surface area contributed by atoms with E-state index in [2.05, 4.69) is 0 Å². The molecule has 2 fully saturated rings. The Labute approximate surface area is 198 Å². The Morgan fingerprint density at radius 3 is 1.86 bits per heavy atom. The van der Waals surface area contributed by atoms with E-state index in [1.807, 2.05) is 30.3 Å². The van der Waals surface area contributed by atoms with E-state index in [0.717, 1.165) is 5.56 Å². The zero-order valence-electron chi connectivity index (χ0n) is 18.8. The summed E-state index contributed by atoms with van der Waals surface area (Å²) >= 11 is 0. The Bertz CT molecular complexity index is 957. The molecule has 2 aromatic rings. The monoisotopic (exact) mass is 504 g/mol. The van der Waals surface area contributed by atoms with Gasteiger partial charge in [0.2, 0.25) is 0 Å². The zero-order valence-corrected chi connectivity index (χ0v) is 18.8. The lowest BCUT2D eigenvalue weighted by Crippen LogP contribution is -2.44. The van der Waals surface area contributed by atoms with Crippen LogP contribution in [0.15, 0.2) is 48.5 Å². The Morgan fingerprint density at radius 2 is 1.37 bits per heavy atom. The molecule has 1 saturated carbocycles. The quantitative estimate of drug-likeness (QED) is 0.488. The van der Waals surface area contributed by atoms with Gasteiger partial charge >= 0.3 is 12.4 Å². The van der Waals surface area contributed by atoms with Crippen LogP contribution in [0.4, 0.5) is 26.3 Å². The number of rotatable bonds is 6. The molecule has 192 valence electrons. The highest BCUT2D eigenvalue weighted by molar-refractivity contribution is 5.35. The summed E-state index contributed by atoms with van der Waals surface area (Å²) in [4.78, 5) is 0. The molecule has 10 heteroatoms. The summed E-state index contributed by atoms with van der Waals surface area (Å²) in [6.45, 7) is 0.215. The second kappa shape index (κ2) is 9.72. The molecule has 1 saturated heterocycles. The van der Waals surface area contributed by atoms with Crippen LogP contribution in [0.3, 0.4) is 0 Å². The summed E-state index contributed by atoms with van der Waals surface area (Å²) in [6.07, 6.45) is -9.06. The first-order valence-corrected chi connectivity index (χ1v) is 11.3. The van der Waals surface area contributed by atoms with Crippen LogP contribution in [0.2, 0.25) is 0 Å². The van der Waals surface area contributed by atoms with Crippen molar-refractivity contribution in [1.82, 2.24) is 0 Å². The van der Waals surface area contributed by atoms with Gasteiger partial charge in [-0.2, -0.15) is 26.3 Å². The third-order valence-corrected chi connectivity index (χ3v) is 6.88. The highest BCUT2D eigenvalue weighted by Crippen LogP contribution is 2.47. The van der Waals surface area contributed by atoms with E-state index in [1.165, 1.54) is 0 Å². The van der Waals surface area contributed by atoms with Crippen LogP contribution in [-0.2, 0) is 32.0 Å². The van der Waals surface area contributed by atoms with E-state index in [-0.39, 0.29) is 18.2 Å². The fourth-order valence-electron chi connectivity index (χ4n) is 4.88. The molecule has 2 aromatic carbocycles. The number of ether oxygens (including phenoxy) is 3. The molecule has 4 rings (SSSR count). The lowest BCUT2D eigenvalue weighted by Gasteiger charge is -2.44. The maximum absolute atomic E-state index is 13.3. The van der Waals surface area contributed by atoms with E-state index in [9.17, 15) is 31.4 Å². The molecule has 1 aliphatic carbocycles. The summed E-state index contributed by atoms with van der Waals surface area (Å²) in [5.41, 5.74) is -2.91. The minimum atomic E-state index is -4.99. The van der Waals surface area contributed by atoms with Gasteiger partial charge in [0.25, 0.3) is 0 Å². The van der Waals surface area contributed by atoms with Crippen LogP contribution < -0.4 is 0 Å². The van der Waals surface area contributed by atoms with Crippen molar-refractivity contribution in [3.8, 4) is 0 Å². The fraction of sp³-hybridized carbons (Fsp3) is 0.520. The van der Waals surface area contributed by atoms with Gasteiger partial charge in [0.1, 0.15) is 6.10 Å². The number of benzene rings is 2. The van der Waals surface area contributed by atoms with Gasteiger partial charge in [0.15, 0.2) is 5.79 Å². The summed E-state index contributed by atoms with van der Waals surface area (Å²) in [6, 6.07) is 10.7. The van der Waals surface area contributed by atoms with Crippen molar-refractivity contribution in [2.75, 3.05) is 26.4 Å². The molecule has 1 aliphatic heterocycles. The fourth-order valence-corrected chi connectivity index (χ4v) is 4.88. The van der Waals surface area contributed by atoms with Crippen LogP contribution in [0.5, 0.6) is 0 Å². The molecular weight excluding hydrogens is 478 g/mol. The summed E-state index contributed by atoms with van der Waals surface area (Å²) in [5.74, 6) is -0.669. The Kier molecular flexibility index (Phi) is 7.21. The molecule has 35 heavy (non-hydrogen) atoms. The molecule has 4 nitrogen and oxygen atoms in total. The van der Waals surface area contributed by atoms with Crippen molar-refractivity contribution in [3.63, 3.8) is 0 Å². The molecule has 0 bridgehead atoms.